The largest absolute Gasteiger partial charge is 0.306 e. The second-order valence-electron chi connectivity index (χ2n) is 8.46. The lowest BCUT2D eigenvalue weighted by molar-refractivity contribution is 0.147. The molecule has 2 unspecified atom stereocenters. The number of piperidine rings is 2. The van der Waals surface area contributed by atoms with Gasteiger partial charge < -0.3 is 9.80 Å². The van der Waals surface area contributed by atoms with E-state index in [1.807, 2.05) is 11.3 Å². The first kappa shape index (κ1) is 19.8. The number of aromatic nitrogens is 1. The monoisotopic (exact) mass is 373 g/mol. The molecule has 2 aliphatic heterocycles. The number of para-hydroxylation sites is 1. The Morgan fingerprint density at radius 2 is 1.85 bits per heavy atom. The molecule has 1 aromatic carbocycles. The Hall–Kier alpha value is -0.970. The zero-order valence-corrected chi connectivity index (χ0v) is 17.8. The van der Waals surface area contributed by atoms with Gasteiger partial charge in [0.15, 0.2) is 0 Å². The van der Waals surface area contributed by atoms with Crippen LogP contribution in [0.1, 0.15) is 57.4 Å². The zero-order chi connectivity index (χ0) is 18.5. The van der Waals surface area contributed by atoms with Crippen molar-refractivity contribution >= 4 is 21.6 Å². The molecule has 3 nitrogen and oxygen atoms in total. The summed E-state index contributed by atoms with van der Waals surface area (Å²) in [6.07, 6.45) is 5.43. The number of hydrogen-bond donors (Lipinski definition) is 0. The minimum atomic E-state index is 0.649. The molecule has 1 aromatic heterocycles. The van der Waals surface area contributed by atoms with Crippen LogP contribution < -0.4 is 0 Å². The lowest BCUT2D eigenvalue weighted by Crippen LogP contribution is -2.38. The molecule has 144 valence electrons. The number of hydrogen-bond acceptors (Lipinski definition) is 4. The molecule has 0 amide bonds. The SMILES string of the molecule is CC1CCCN(C(C)C)C1.CN1CCCC(c2nc3ccccc3s2)C1. The van der Waals surface area contributed by atoms with Crippen LogP contribution in [0.15, 0.2) is 24.3 Å². The summed E-state index contributed by atoms with van der Waals surface area (Å²) in [5.74, 6) is 1.58. The van der Waals surface area contributed by atoms with E-state index in [2.05, 4.69) is 61.9 Å². The minimum absolute atomic E-state index is 0.649. The van der Waals surface area contributed by atoms with Gasteiger partial charge in [-0.3, -0.25) is 0 Å². The Morgan fingerprint density at radius 1 is 1.08 bits per heavy atom. The Balaban J connectivity index is 0.000000170. The predicted molar refractivity (Wildman–Crippen MR) is 114 cm³/mol. The minimum Gasteiger partial charge on any atom is -0.306 e. The fourth-order valence-corrected chi connectivity index (χ4v) is 5.22. The third kappa shape index (κ3) is 5.28. The van der Waals surface area contributed by atoms with E-state index in [4.69, 9.17) is 4.98 Å². The van der Waals surface area contributed by atoms with Gasteiger partial charge in [0.25, 0.3) is 0 Å². The molecule has 0 aliphatic carbocycles. The van der Waals surface area contributed by atoms with Crippen molar-refractivity contribution in [3.8, 4) is 0 Å². The van der Waals surface area contributed by atoms with Gasteiger partial charge in [0.2, 0.25) is 0 Å². The highest BCUT2D eigenvalue weighted by Gasteiger charge is 2.21. The molecule has 26 heavy (non-hydrogen) atoms. The molecule has 2 aromatic rings. The van der Waals surface area contributed by atoms with Crippen LogP contribution >= 0.6 is 11.3 Å². The lowest BCUT2D eigenvalue weighted by Gasteiger charge is -2.33. The quantitative estimate of drug-likeness (QED) is 0.718. The molecule has 2 fully saturated rings. The average molecular weight is 374 g/mol. The van der Waals surface area contributed by atoms with Crippen LogP contribution in [0.5, 0.6) is 0 Å². The molecule has 2 saturated heterocycles. The first-order chi connectivity index (χ1) is 12.5. The summed E-state index contributed by atoms with van der Waals surface area (Å²) < 4.78 is 1.32. The molecular weight excluding hydrogens is 338 g/mol. The zero-order valence-electron chi connectivity index (χ0n) is 16.9. The van der Waals surface area contributed by atoms with E-state index in [0.717, 1.165) is 17.5 Å². The summed E-state index contributed by atoms with van der Waals surface area (Å²) in [6, 6.07) is 9.20. The van der Waals surface area contributed by atoms with Crippen molar-refractivity contribution in [2.75, 3.05) is 33.2 Å². The first-order valence-corrected chi connectivity index (χ1v) is 11.1. The molecule has 0 bridgehead atoms. The highest BCUT2D eigenvalue weighted by molar-refractivity contribution is 7.18. The third-order valence-corrected chi connectivity index (χ3v) is 6.90. The fraction of sp³-hybridized carbons (Fsp3) is 0.682. The first-order valence-electron chi connectivity index (χ1n) is 10.3. The topological polar surface area (TPSA) is 19.4 Å². The van der Waals surface area contributed by atoms with Crippen LogP contribution in [-0.2, 0) is 0 Å². The van der Waals surface area contributed by atoms with Crippen LogP contribution in [0, 0.1) is 5.92 Å². The molecular formula is C22H35N3S. The van der Waals surface area contributed by atoms with Crippen molar-refractivity contribution in [3.05, 3.63) is 29.3 Å². The maximum absolute atomic E-state index is 4.76. The van der Waals surface area contributed by atoms with Crippen molar-refractivity contribution in [1.82, 2.24) is 14.8 Å². The van der Waals surface area contributed by atoms with Gasteiger partial charge in [0.1, 0.15) is 0 Å². The number of likely N-dealkylation sites (N-methyl/N-ethyl adjacent to an activating group) is 1. The van der Waals surface area contributed by atoms with Gasteiger partial charge in [-0.25, -0.2) is 4.98 Å². The lowest BCUT2D eigenvalue weighted by atomic mass is 9.99. The molecule has 2 atom stereocenters. The summed E-state index contributed by atoms with van der Waals surface area (Å²) in [5.41, 5.74) is 1.16. The fourth-order valence-electron chi connectivity index (χ4n) is 4.13. The summed E-state index contributed by atoms with van der Waals surface area (Å²) in [5, 5.41) is 1.33. The maximum Gasteiger partial charge on any atom is 0.0982 e. The van der Waals surface area contributed by atoms with Gasteiger partial charge in [-0.2, -0.15) is 0 Å². The van der Waals surface area contributed by atoms with Crippen LogP contribution in [0.3, 0.4) is 0 Å². The third-order valence-electron chi connectivity index (χ3n) is 5.70. The van der Waals surface area contributed by atoms with E-state index >= 15 is 0 Å². The van der Waals surface area contributed by atoms with E-state index in [0.29, 0.717) is 5.92 Å². The summed E-state index contributed by atoms with van der Waals surface area (Å²) >= 11 is 1.87. The summed E-state index contributed by atoms with van der Waals surface area (Å²) in [4.78, 5) is 9.76. The van der Waals surface area contributed by atoms with Crippen LogP contribution in [-0.4, -0.2) is 54.1 Å². The number of benzene rings is 1. The Labute approximate surface area is 163 Å². The van der Waals surface area contributed by atoms with Gasteiger partial charge in [-0.15, -0.1) is 11.3 Å². The molecule has 2 aliphatic rings. The standard InChI is InChI=1S/C13H16N2S.C9H19N/c1-15-8-4-5-10(9-15)13-14-11-6-2-3-7-12(11)16-13;1-8(2)10-6-4-5-9(3)7-10/h2-3,6-7,10H,4-5,8-9H2,1H3;8-9H,4-7H2,1-3H3. The van der Waals surface area contributed by atoms with Crippen molar-refractivity contribution in [2.45, 2.75) is 58.4 Å². The number of likely N-dealkylation sites (tertiary alicyclic amines) is 2. The van der Waals surface area contributed by atoms with Gasteiger partial charge >= 0.3 is 0 Å². The molecule has 0 N–H and O–H groups in total. The van der Waals surface area contributed by atoms with Crippen molar-refractivity contribution in [1.29, 1.82) is 0 Å². The number of fused-ring (bicyclic) bond motifs is 1. The molecule has 4 rings (SSSR count). The Bertz CT molecular complexity index is 648. The normalized spacial score (nSPS) is 25.3. The van der Waals surface area contributed by atoms with E-state index in [-0.39, 0.29) is 0 Å². The van der Waals surface area contributed by atoms with Crippen LogP contribution in [0.25, 0.3) is 10.2 Å². The highest BCUT2D eigenvalue weighted by Crippen LogP contribution is 2.32. The van der Waals surface area contributed by atoms with E-state index in [9.17, 15) is 0 Å². The van der Waals surface area contributed by atoms with Crippen LogP contribution in [0.2, 0.25) is 0 Å². The maximum atomic E-state index is 4.76. The molecule has 4 heteroatoms. The van der Waals surface area contributed by atoms with E-state index in [1.54, 1.807) is 0 Å². The van der Waals surface area contributed by atoms with Crippen molar-refractivity contribution in [3.63, 3.8) is 0 Å². The number of rotatable bonds is 2. The summed E-state index contributed by atoms with van der Waals surface area (Å²) in [6.45, 7) is 12.0. The van der Waals surface area contributed by atoms with Crippen LogP contribution in [0.4, 0.5) is 0 Å². The number of nitrogens with zero attached hydrogens (tertiary/aromatic N) is 3. The smallest absolute Gasteiger partial charge is 0.0982 e. The summed E-state index contributed by atoms with van der Waals surface area (Å²) in [7, 11) is 2.21. The Kier molecular flexibility index (Phi) is 7.07. The Morgan fingerprint density at radius 3 is 2.50 bits per heavy atom. The molecule has 0 spiro atoms. The van der Waals surface area contributed by atoms with Gasteiger partial charge in [-0.05, 0) is 77.7 Å². The second kappa shape index (κ2) is 9.29. The number of thiazole rings is 1. The van der Waals surface area contributed by atoms with E-state index < -0.39 is 0 Å². The van der Waals surface area contributed by atoms with Crippen molar-refractivity contribution < 1.29 is 0 Å². The van der Waals surface area contributed by atoms with Crippen molar-refractivity contribution in [2.24, 2.45) is 5.92 Å². The predicted octanol–water partition coefficient (Wildman–Crippen LogP) is 5.23. The van der Waals surface area contributed by atoms with Gasteiger partial charge in [0.05, 0.1) is 15.2 Å². The average Bonchev–Trinajstić information content (AvgIpc) is 3.06. The van der Waals surface area contributed by atoms with E-state index in [1.165, 1.54) is 61.6 Å². The molecule has 0 radical (unpaired) electrons. The molecule has 0 saturated carbocycles. The van der Waals surface area contributed by atoms with Gasteiger partial charge in [-0.1, -0.05) is 19.1 Å². The van der Waals surface area contributed by atoms with Gasteiger partial charge in [0, 0.05) is 25.0 Å². The highest BCUT2D eigenvalue weighted by atomic mass is 32.1. The molecule has 3 heterocycles. The second-order valence-corrected chi connectivity index (χ2v) is 9.52.